The van der Waals surface area contributed by atoms with Crippen LogP contribution in [0.25, 0.3) is 11.2 Å². The number of fused-ring (bicyclic) bond motifs is 1. The lowest BCUT2D eigenvalue weighted by Crippen LogP contribution is -2.32. The third-order valence-electron chi connectivity index (χ3n) is 2.42. The Kier molecular flexibility index (Phi) is 2.81. The van der Waals surface area contributed by atoms with E-state index in [1.54, 1.807) is 6.33 Å². The quantitative estimate of drug-likeness (QED) is 0.784. The van der Waals surface area contributed by atoms with E-state index in [1.165, 1.54) is 6.92 Å². The van der Waals surface area contributed by atoms with Gasteiger partial charge in [-0.1, -0.05) is 19.6 Å². The van der Waals surface area contributed by atoms with Gasteiger partial charge >= 0.3 is 0 Å². The molecule has 7 nitrogen and oxygen atoms in total. The van der Waals surface area contributed by atoms with Gasteiger partial charge in [-0.2, -0.15) is 4.98 Å². The Morgan fingerprint density at radius 1 is 1.44 bits per heavy atom. The molecular formula is C10H15N5O2Si. The van der Waals surface area contributed by atoms with Crippen LogP contribution in [0.5, 0.6) is 0 Å². The minimum Gasteiger partial charge on any atom is -0.344 e. The van der Waals surface area contributed by atoms with E-state index in [0.717, 1.165) is 0 Å². The molecule has 8 heteroatoms. The minimum absolute atomic E-state index is 0.153. The first-order chi connectivity index (χ1) is 8.29. The topological polar surface area (TPSA) is 92.7 Å². The number of rotatable bonds is 2. The highest BCUT2D eigenvalue weighted by atomic mass is 28.3. The van der Waals surface area contributed by atoms with E-state index < -0.39 is 8.24 Å². The molecule has 2 N–H and O–H groups in total. The second-order valence-electron chi connectivity index (χ2n) is 5.05. The van der Waals surface area contributed by atoms with Gasteiger partial charge in [-0.15, -0.1) is 0 Å². The van der Waals surface area contributed by atoms with Gasteiger partial charge in [-0.05, 0) is 0 Å². The highest BCUT2D eigenvalue weighted by Crippen LogP contribution is 2.14. The molecule has 0 unspecified atom stereocenters. The zero-order valence-electron chi connectivity index (χ0n) is 10.7. The van der Waals surface area contributed by atoms with Crippen molar-refractivity contribution >= 4 is 31.3 Å². The Hall–Kier alpha value is -1.96. The van der Waals surface area contributed by atoms with Crippen LogP contribution in [0.15, 0.2) is 11.1 Å². The van der Waals surface area contributed by atoms with Crippen LogP contribution in [0.1, 0.15) is 6.92 Å². The van der Waals surface area contributed by atoms with Crippen molar-refractivity contribution in [2.45, 2.75) is 26.6 Å². The first kappa shape index (κ1) is 12.5. The number of carbonyl (C=O) groups is 1. The highest BCUT2D eigenvalue weighted by molar-refractivity contribution is 6.75. The van der Waals surface area contributed by atoms with Crippen LogP contribution in [-0.4, -0.2) is 33.3 Å². The monoisotopic (exact) mass is 265 g/mol. The maximum atomic E-state index is 11.8. The number of H-pyrrole nitrogens is 1. The summed E-state index contributed by atoms with van der Waals surface area (Å²) in [4.78, 5) is 33.6. The standard InChI is InChI=1S/C10H15N5O2Si/c1-6(16)12-10-13-8-7(9(17)14-10)11-5-15(8)18(2,3)4/h5H,1-4H3,(H2,12,13,14,16,17). The molecule has 0 aliphatic heterocycles. The number of hydrogen-bond acceptors (Lipinski definition) is 4. The number of imidazole rings is 1. The lowest BCUT2D eigenvalue weighted by molar-refractivity contribution is -0.114. The zero-order valence-corrected chi connectivity index (χ0v) is 11.7. The summed E-state index contributed by atoms with van der Waals surface area (Å²) >= 11 is 0. The van der Waals surface area contributed by atoms with Gasteiger partial charge in [0.25, 0.3) is 5.56 Å². The molecule has 0 aromatic carbocycles. The van der Waals surface area contributed by atoms with Gasteiger partial charge in [-0.3, -0.25) is 19.9 Å². The first-order valence-electron chi connectivity index (χ1n) is 5.54. The van der Waals surface area contributed by atoms with Crippen molar-refractivity contribution in [3.8, 4) is 0 Å². The molecule has 0 fully saturated rings. The van der Waals surface area contributed by atoms with Crippen molar-refractivity contribution in [3.63, 3.8) is 0 Å². The molecule has 0 atom stereocenters. The van der Waals surface area contributed by atoms with Crippen LogP contribution in [0.2, 0.25) is 19.6 Å². The largest absolute Gasteiger partial charge is 0.344 e. The average molecular weight is 265 g/mol. The van der Waals surface area contributed by atoms with E-state index in [4.69, 9.17) is 0 Å². The van der Waals surface area contributed by atoms with Crippen molar-refractivity contribution in [2.75, 3.05) is 5.32 Å². The molecule has 0 saturated heterocycles. The Morgan fingerprint density at radius 3 is 2.67 bits per heavy atom. The van der Waals surface area contributed by atoms with Gasteiger partial charge in [0.2, 0.25) is 11.9 Å². The molecule has 0 bridgehead atoms. The van der Waals surface area contributed by atoms with Crippen molar-refractivity contribution in [2.24, 2.45) is 0 Å². The van der Waals surface area contributed by atoms with Gasteiger partial charge in [-0.25, -0.2) is 4.98 Å². The maximum Gasteiger partial charge on any atom is 0.280 e. The fourth-order valence-corrected chi connectivity index (χ4v) is 2.82. The summed E-state index contributed by atoms with van der Waals surface area (Å²) in [5.74, 6) is -0.128. The zero-order chi connectivity index (χ0) is 13.5. The van der Waals surface area contributed by atoms with Crippen LogP contribution in [0.4, 0.5) is 5.95 Å². The third-order valence-corrected chi connectivity index (χ3v) is 4.20. The molecule has 2 heterocycles. The lowest BCUT2D eigenvalue weighted by Gasteiger charge is -2.18. The molecule has 1 amide bonds. The molecule has 0 aliphatic carbocycles. The fourth-order valence-electron chi connectivity index (χ4n) is 1.63. The van der Waals surface area contributed by atoms with E-state index in [1.807, 2.05) is 4.23 Å². The molecule has 96 valence electrons. The molecule has 0 aliphatic rings. The van der Waals surface area contributed by atoms with Crippen LogP contribution in [-0.2, 0) is 4.79 Å². The molecule has 0 radical (unpaired) electrons. The molecule has 2 aromatic heterocycles. The summed E-state index contributed by atoms with van der Waals surface area (Å²) in [6.07, 6.45) is 1.64. The van der Waals surface area contributed by atoms with Crippen LogP contribution >= 0.6 is 0 Å². The molecule has 18 heavy (non-hydrogen) atoms. The van der Waals surface area contributed by atoms with Crippen LogP contribution < -0.4 is 10.9 Å². The second kappa shape index (κ2) is 4.05. The van der Waals surface area contributed by atoms with Crippen LogP contribution in [0.3, 0.4) is 0 Å². The Labute approximate surface area is 104 Å². The van der Waals surface area contributed by atoms with Crippen molar-refractivity contribution < 1.29 is 4.79 Å². The number of anilines is 1. The normalized spacial score (nSPS) is 11.8. The van der Waals surface area contributed by atoms with E-state index in [9.17, 15) is 9.59 Å². The maximum absolute atomic E-state index is 11.8. The molecule has 0 saturated carbocycles. The number of carbonyl (C=O) groups excluding carboxylic acids is 1. The molecular weight excluding hydrogens is 250 g/mol. The van der Waals surface area contributed by atoms with Crippen molar-refractivity contribution in [3.05, 3.63) is 16.7 Å². The number of aromatic nitrogens is 4. The third kappa shape index (κ3) is 2.19. The van der Waals surface area contributed by atoms with E-state index >= 15 is 0 Å². The molecule has 2 rings (SSSR count). The number of aromatic amines is 1. The van der Waals surface area contributed by atoms with E-state index in [0.29, 0.717) is 11.2 Å². The Balaban J connectivity index is 2.68. The fraction of sp³-hybridized carbons (Fsp3) is 0.400. The second-order valence-corrected chi connectivity index (χ2v) is 9.88. The predicted octanol–water partition coefficient (Wildman–Crippen LogP) is 0.761. The van der Waals surface area contributed by atoms with E-state index in [2.05, 4.69) is 39.9 Å². The average Bonchev–Trinajstić information content (AvgIpc) is 2.59. The van der Waals surface area contributed by atoms with Gasteiger partial charge < -0.3 is 4.23 Å². The number of nitrogens with one attached hydrogen (secondary N) is 2. The van der Waals surface area contributed by atoms with Gasteiger partial charge in [0.05, 0.1) is 6.33 Å². The predicted molar refractivity (Wildman–Crippen MR) is 71.2 cm³/mol. The van der Waals surface area contributed by atoms with Crippen LogP contribution in [0, 0.1) is 0 Å². The highest BCUT2D eigenvalue weighted by Gasteiger charge is 2.21. The van der Waals surface area contributed by atoms with Gasteiger partial charge in [0.15, 0.2) is 19.4 Å². The summed E-state index contributed by atoms with van der Waals surface area (Å²) in [5, 5.41) is 2.47. The Morgan fingerprint density at radius 2 is 2.11 bits per heavy atom. The Bertz CT molecular complexity index is 667. The minimum atomic E-state index is -1.71. The number of amides is 1. The van der Waals surface area contributed by atoms with Crippen molar-refractivity contribution in [1.29, 1.82) is 0 Å². The summed E-state index contributed by atoms with van der Waals surface area (Å²) in [6, 6.07) is 0. The van der Waals surface area contributed by atoms with E-state index in [-0.39, 0.29) is 17.4 Å². The van der Waals surface area contributed by atoms with Gasteiger partial charge in [0.1, 0.15) is 0 Å². The number of nitrogens with zero attached hydrogens (tertiary/aromatic N) is 3. The summed E-state index contributed by atoms with van der Waals surface area (Å²) in [5.41, 5.74) is 0.467. The summed E-state index contributed by atoms with van der Waals surface area (Å²) in [7, 11) is -1.71. The van der Waals surface area contributed by atoms with Crippen molar-refractivity contribution in [1.82, 2.24) is 19.2 Å². The molecule has 0 spiro atoms. The van der Waals surface area contributed by atoms with Gasteiger partial charge in [0, 0.05) is 6.92 Å². The lowest BCUT2D eigenvalue weighted by atomic mass is 10.5. The summed E-state index contributed by atoms with van der Waals surface area (Å²) in [6.45, 7) is 7.72. The molecule has 2 aromatic rings. The first-order valence-corrected chi connectivity index (χ1v) is 8.99. The number of hydrogen-bond donors (Lipinski definition) is 2. The SMILES string of the molecule is CC(=O)Nc1nc2c(ncn2[Si](C)(C)C)c(=O)[nH]1. The smallest absolute Gasteiger partial charge is 0.280 e. The summed E-state index contributed by atoms with van der Waals surface area (Å²) < 4.78 is 1.93.